The summed E-state index contributed by atoms with van der Waals surface area (Å²) < 4.78 is 7.02. The standard InChI is InChI=1S/C25H22Cl2N2O3/c1-32-14-18-8-4-10-28(18)25(31)20-12-19(15-5-2-7-17(26)11-15)24(30)29-13-16-6-3-9-21(27)22(16)23(20)29/h2-3,5-7,9,11-12,18H,4,8,10,13-14H2,1H3/t18-/m1/s1. The third kappa shape index (κ3) is 3.45. The van der Waals surface area contributed by atoms with Gasteiger partial charge >= 0.3 is 0 Å². The number of amides is 1. The number of halogens is 2. The molecule has 164 valence electrons. The summed E-state index contributed by atoms with van der Waals surface area (Å²) in [7, 11) is 1.65. The number of methoxy groups -OCH3 is 1. The van der Waals surface area contributed by atoms with Crippen molar-refractivity contribution in [1.82, 2.24) is 9.47 Å². The van der Waals surface area contributed by atoms with E-state index in [2.05, 4.69) is 0 Å². The maximum atomic E-state index is 13.9. The van der Waals surface area contributed by atoms with Crippen LogP contribution in [-0.4, -0.2) is 41.7 Å². The number of carbonyl (C=O) groups is 1. The number of pyridine rings is 1. The molecule has 0 aliphatic carbocycles. The number of hydrogen-bond acceptors (Lipinski definition) is 3. The van der Waals surface area contributed by atoms with Gasteiger partial charge in [-0.2, -0.15) is 0 Å². The van der Waals surface area contributed by atoms with Crippen molar-refractivity contribution in [1.29, 1.82) is 0 Å². The number of rotatable bonds is 4. The number of carbonyl (C=O) groups excluding carboxylic acids is 1. The Morgan fingerprint density at radius 3 is 2.75 bits per heavy atom. The number of likely N-dealkylation sites (tertiary alicyclic amines) is 1. The van der Waals surface area contributed by atoms with E-state index >= 15 is 0 Å². The van der Waals surface area contributed by atoms with Crippen LogP contribution in [0.1, 0.15) is 28.8 Å². The number of nitrogens with zero attached hydrogens (tertiary/aromatic N) is 2. The summed E-state index contributed by atoms with van der Waals surface area (Å²) in [6, 6.07) is 14.5. The van der Waals surface area contributed by atoms with Gasteiger partial charge in [0.05, 0.1) is 35.5 Å². The molecule has 5 rings (SSSR count). The molecule has 2 aliphatic heterocycles. The molecule has 32 heavy (non-hydrogen) atoms. The molecule has 0 unspecified atom stereocenters. The summed E-state index contributed by atoms with van der Waals surface area (Å²) in [4.78, 5) is 29.3. The molecule has 1 saturated heterocycles. The van der Waals surface area contributed by atoms with Gasteiger partial charge in [0, 0.05) is 29.8 Å². The predicted octanol–water partition coefficient (Wildman–Crippen LogP) is 5.10. The lowest BCUT2D eigenvalue weighted by atomic mass is 9.99. The largest absolute Gasteiger partial charge is 0.383 e. The van der Waals surface area contributed by atoms with Crippen molar-refractivity contribution >= 4 is 29.1 Å². The van der Waals surface area contributed by atoms with Crippen molar-refractivity contribution in [3.63, 3.8) is 0 Å². The highest BCUT2D eigenvalue weighted by Crippen LogP contribution is 2.40. The second kappa shape index (κ2) is 8.39. The van der Waals surface area contributed by atoms with Crippen molar-refractivity contribution in [2.24, 2.45) is 0 Å². The molecule has 0 radical (unpaired) electrons. The van der Waals surface area contributed by atoms with Crippen LogP contribution in [0.5, 0.6) is 0 Å². The minimum absolute atomic E-state index is 0.0156. The minimum atomic E-state index is -0.166. The zero-order chi connectivity index (χ0) is 22.4. The van der Waals surface area contributed by atoms with E-state index < -0.39 is 0 Å². The molecule has 1 aromatic heterocycles. The molecule has 2 aromatic carbocycles. The summed E-state index contributed by atoms with van der Waals surface area (Å²) in [5.41, 5.74) is 3.73. The van der Waals surface area contributed by atoms with Crippen molar-refractivity contribution in [2.75, 3.05) is 20.3 Å². The third-order valence-corrected chi connectivity index (χ3v) is 6.87. The van der Waals surface area contributed by atoms with Gasteiger partial charge in [0.2, 0.25) is 0 Å². The van der Waals surface area contributed by atoms with Crippen LogP contribution < -0.4 is 5.56 Å². The average Bonchev–Trinajstić information content (AvgIpc) is 3.40. The number of aromatic nitrogens is 1. The van der Waals surface area contributed by atoms with E-state index in [-0.39, 0.29) is 17.5 Å². The van der Waals surface area contributed by atoms with Crippen LogP contribution in [0.25, 0.3) is 22.4 Å². The van der Waals surface area contributed by atoms with Crippen LogP contribution in [0.3, 0.4) is 0 Å². The average molecular weight is 469 g/mol. The van der Waals surface area contributed by atoms with Crippen molar-refractivity contribution in [3.8, 4) is 22.4 Å². The first-order valence-electron chi connectivity index (χ1n) is 10.6. The molecule has 1 fully saturated rings. The van der Waals surface area contributed by atoms with E-state index in [0.29, 0.717) is 52.1 Å². The molecular formula is C25H22Cl2N2O3. The van der Waals surface area contributed by atoms with Crippen molar-refractivity contribution in [2.45, 2.75) is 25.4 Å². The Hall–Kier alpha value is -2.60. The Kier molecular flexibility index (Phi) is 5.58. The molecule has 3 aromatic rings. The summed E-state index contributed by atoms with van der Waals surface area (Å²) in [5, 5.41) is 1.07. The van der Waals surface area contributed by atoms with Crippen molar-refractivity contribution in [3.05, 3.63) is 80.1 Å². The Morgan fingerprint density at radius 2 is 1.97 bits per heavy atom. The summed E-state index contributed by atoms with van der Waals surface area (Å²) >= 11 is 12.8. The molecule has 0 spiro atoms. The van der Waals surface area contributed by atoms with E-state index in [1.807, 2.05) is 23.1 Å². The van der Waals surface area contributed by atoms with Crippen LogP contribution in [-0.2, 0) is 11.3 Å². The molecule has 0 bridgehead atoms. The zero-order valence-electron chi connectivity index (χ0n) is 17.6. The van der Waals surface area contributed by atoms with Gasteiger partial charge in [0.15, 0.2) is 0 Å². The van der Waals surface area contributed by atoms with E-state index in [9.17, 15) is 9.59 Å². The SMILES string of the molecule is COC[C@H]1CCCN1C(=O)c1cc(-c2cccc(Cl)c2)c(=O)n2c1-c1c(Cl)cccc1C2. The monoisotopic (exact) mass is 468 g/mol. The number of benzene rings is 2. The van der Waals surface area contributed by atoms with Crippen molar-refractivity contribution < 1.29 is 9.53 Å². The molecule has 1 atom stereocenters. The number of hydrogen-bond donors (Lipinski definition) is 0. The lowest BCUT2D eigenvalue weighted by Gasteiger charge is -2.26. The van der Waals surface area contributed by atoms with E-state index in [1.54, 1.807) is 42.0 Å². The fourth-order valence-electron chi connectivity index (χ4n) is 4.87. The Bertz CT molecular complexity index is 1280. The first-order chi connectivity index (χ1) is 15.5. The second-order valence-corrected chi connectivity index (χ2v) is 9.09. The first-order valence-corrected chi connectivity index (χ1v) is 11.4. The summed E-state index contributed by atoms with van der Waals surface area (Å²) in [6.07, 6.45) is 1.82. The van der Waals surface area contributed by atoms with E-state index in [0.717, 1.165) is 24.0 Å². The Labute approximate surface area is 196 Å². The lowest BCUT2D eigenvalue weighted by Crippen LogP contribution is -2.39. The van der Waals surface area contributed by atoms with Gasteiger partial charge in [-0.15, -0.1) is 0 Å². The Morgan fingerprint density at radius 1 is 1.16 bits per heavy atom. The second-order valence-electron chi connectivity index (χ2n) is 8.25. The van der Waals surface area contributed by atoms with Crippen LogP contribution in [0, 0.1) is 0 Å². The predicted molar refractivity (Wildman–Crippen MR) is 127 cm³/mol. The van der Waals surface area contributed by atoms with Gasteiger partial charge in [-0.1, -0.05) is 47.5 Å². The lowest BCUT2D eigenvalue weighted by molar-refractivity contribution is 0.0631. The van der Waals surface area contributed by atoms with Gasteiger partial charge in [-0.3, -0.25) is 9.59 Å². The molecule has 5 nitrogen and oxygen atoms in total. The van der Waals surface area contributed by atoms with Crippen LogP contribution in [0.15, 0.2) is 53.3 Å². The smallest absolute Gasteiger partial charge is 0.259 e. The summed E-state index contributed by atoms with van der Waals surface area (Å²) in [5.74, 6) is -0.107. The number of fused-ring (bicyclic) bond motifs is 3. The van der Waals surface area contributed by atoms with E-state index in [1.165, 1.54) is 0 Å². The van der Waals surface area contributed by atoms with Gasteiger partial charge in [-0.25, -0.2) is 0 Å². The summed E-state index contributed by atoms with van der Waals surface area (Å²) in [6.45, 7) is 1.52. The minimum Gasteiger partial charge on any atom is -0.383 e. The maximum absolute atomic E-state index is 13.9. The molecular weight excluding hydrogens is 447 g/mol. The molecule has 0 N–H and O–H groups in total. The first kappa shape index (κ1) is 21.3. The highest BCUT2D eigenvalue weighted by molar-refractivity contribution is 6.34. The fraction of sp³-hybridized carbons (Fsp3) is 0.280. The van der Waals surface area contributed by atoms with Crippen LogP contribution in [0.4, 0.5) is 0 Å². The van der Waals surface area contributed by atoms with E-state index in [4.69, 9.17) is 27.9 Å². The zero-order valence-corrected chi connectivity index (χ0v) is 19.1. The molecule has 2 aliphatic rings. The van der Waals surface area contributed by atoms with Gasteiger partial charge in [-0.05, 0) is 48.2 Å². The van der Waals surface area contributed by atoms with Crippen LogP contribution in [0.2, 0.25) is 10.0 Å². The molecule has 1 amide bonds. The third-order valence-electron chi connectivity index (χ3n) is 6.32. The van der Waals surface area contributed by atoms with Crippen LogP contribution >= 0.6 is 23.2 Å². The molecule has 0 saturated carbocycles. The van der Waals surface area contributed by atoms with Gasteiger partial charge in [0.1, 0.15) is 0 Å². The topological polar surface area (TPSA) is 51.5 Å². The highest BCUT2D eigenvalue weighted by atomic mass is 35.5. The number of ether oxygens (including phenoxy) is 1. The Balaban J connectivity index is 1.74. The highest BCUT2D eigenvalue weighted by Gasteiger charge is 2.35. The molecule has 7 heteroatoms. The maximum Gasteiger partial charge on any atom is 0.259 e. The quantitative estimate of drug-likeness (QED) is 0.418. The normalized spacial score (nSPS) is 16.8. The van der Waals surface area contributed by atoms with Gasteiger partial charge < -0.3 is 14.2 Å². The fourth-order valence-corrected chi connectivity index (χ4v) is 5.35. The molecule has 3 heterocycles. The van der Waals surface area contributed by atoms with Gasteiger partial charge in [0.25, 0.3) is 11.5 Å².